The van der Waals surface area contributed by atoms with Crippen molar-refractivity contribution in [2.75, 3.05) is 11.5 Å². The molecule has 0 fully saturated rings. The number of rotatable bonds is 3. The number of hydrogen-bond acceptors (Lipinski definition) is 3. The zero-order valence-electron chi connectivity index (χ0n) is 11.5. The average molecular weight is 292 g/mol. The van der Waals surface area contributed by atoms with Gasteiger partial charge in [0.05, 0.1) is 5.69 Å². The molecule has 0 saturated heterocycles. The molecule has 0 unspecified atom stereocenters. The van der Waals surface area contributed by atoms with Crippen molar-refractivity contribution in [2.24, 2.45) is 0 Å². The molecule has 21 heavy (non-hydrogen) atoms. The summed E-state index contributed by atoms with van der Waals surface area (Å²) in [4.78, 5) is 2.24. The van der Waals surface area contributed by atoms with Crippen molar-refractivity contribution in [3.05, 3.63) is 72.8 Å². The lowest BCUT2D eigenvalue weighted by Crippen LogP contribution is -1.93. The minimum Gasteiger partial charge on any atom is -0.399 e. The quantitative estimate of drug-likeness (QED) is 0.690. The third-order valence-corrected chi connectivity index (χ3v) is 4.34. The van der Waals surface area contributed by atoms with E-state index in [-0.39, 0.29) is 0 Å². The van der Waals surface area contributed by atoms with E-state index in [1.54, 1.807) is 11.8 Å². The summed E-state index contributed by atoms with van der Waals surface area (Å²) in [6.07, 6.45) is 0. The number of nitrogens with two attached hydrogens (primary N) is 2. The van der Waals surface area contributed by atoms with Crippen molar-refractivity contribution < 1.29 is 0 Å². The molecule has 0 aliphatic carbocycles. The van der Waals surface area contributed by atoms with E-state index in [2.05, 4.69) is 12.1 Å². The highest BCUT2D eigenvalue weighted by Gasteiger charge is 2.08. The first kappa shape index (κ1) is 13.6. The summed E-state index contributed by atoms with van der Waals surface area (Å²) in [6, 6.07) is 24.1. The van der Waals surface area contributed by atoms with Gasteiger partial charge in [-0.05, 0) is 35.9 Å². The van der Waals surface area contributed by atoms with Gasteiger partial charge in [0.15, 0.2) is 0 Å². The van der Waals surface area contributed by atoms with Crippen molar-refractivity contribution in [3.63, 3.8) is 0 Å². The van der Waals surface area contributed by atoms with E-state index in [0.717, 1.165) is 27.4 Å². The number of hydrogen-bond donors (Lipinski definition) is 2. The maximum atomic E-state index is 6.35. The van der Waals surface area contributed by atoms with Crippen LogP contribution in [0.5, 0.6) is 0 Å². The first-order valence-corrected chi connectivity index (χ1v) is 7.53. The van der Waals surface area contributed by atoms with Crippen LogP contribution in [0.3, 0.4) is 0 Å². The Hall–Kier alpha value is -2.39. The highest BCUT2D eigenvalue weighted by Crippen LogP contribution is 2.37. The monoisotopic (exact) mass is 292 g/mol. The molecule has 4 N–H and O–H groups in total. The van der Waals surface area contributed by atoms with Crippen LogP contribution in [0.1, 0.15) is 0 Å². The van der Waals surface area contributed by atoms with E-state index in [4.69, 9.17) is 11.5 Å². The molecule has 0 saturated carbocycles. The fraction of sp³-hybridized carbons (Fsp3) is 0. The molecule has 0 bridgehead atoms. The van der Waals surface area contributed by atoms with Crippen molar-refractivity contribution in [3.8, 4) is 11.1 Å². The van der Waals surface area contributed by atoms with Crippen LogP contribution in [-0.4, -0.2) is 0 Å². The van der Waals surface area contributed by atoms with Crippen LogP contribution in [0.15, 0.2) is 82.6 Å². The highest BCUT2D eigenvalue weighted by molar-refractivity contribution is 7.99. The average Bonchev–Trinajstić information content (AvgIpc) is 2.52. The maximum absolute atomic E-state index is 6.35. The van der Waals surface area contributed by atoms with Gasteiger partial charge < -0.3 is 11.5 Å². The molecule has 3 aromatic carbocycles. The van der Waals surface area contributed by atoms with Crippen LogP contribution in [0.2, 0.25) is 0 Å². The predicted octanol–water partition coefficient (Wildman–Crippen LogP) is 4.67. The van der Waals surface area contributed by atoms with Gasteiger partial charge in [0.1, 0.15) is 0 Å². The van der Waals surface area contributed by atoms with Gasteiger partial charge in [-0.3, -0.25) is 0 Å². The summed E-state index contributed by atoms with van der Waals surface area (Å²) in [6.45, 7) is 0. The molecule has 0 aliphatic rings. The van der Waals surface area contributed by atoms with E-state index in [0.29, 0.717) is 0 Å². The molecule has 3 heteroatoms. The van der Waals surface area contributed by atoms with E-state index >= 15 is 0 Å². The van der Waals surface area contributed by atoms with Crippen LogP contribution in [-0.2, 0) is 0 Å². The molecule has 3 aromatic rings. The first-order chi connectivity index (χ1) is 10.2. The molecule has 0 amide bonds. The third-order valence-electron chi connectivity index (χ3n) is 3.26. The van der Waals surface area contributed by atoms with Gasteiger partial charge in [-0.15, -0.1) is 0 Å². The molecule has 104 valence electrons. The number of anilines is 2. The molecular formula is C18H16N2S. The minimum absolute atomic E-state index is 0.757. The van der Waals surface area contributed by atoms with Crippen LogP contribution < -0.4 is 11.5 Å². The lowest BCUT2D eigenvalue weighted by atomic mass is 10.0. The fourth-order valence-corrected chi connectivity index (χ4v) is 3.08. The molecule has 0 atom stereocenters. The maximum Gasteiger partial charge on any atom is 0.0535 e. The minimum atomic E-state index is 0.757. The summed E-state index contributed by atoms with van der Waals surface area (Å²) in [7, 11) is 0. The van der Waals surface area contributed by atoms with Gasteiger partial charge in [-0.1, -0.05) is 54.2 Å². The zero-order valence-corrected chi connectivity index (χ0v) is 12.3. The SMILES string of the molecule is Nc1ccc(-c2cccc(Sc3ccccc3)c2N)cc1. The molecular weight excluding hydrogens is 276 g/mol. The van der Waals surface area contributed by atoms with Gasteiger partial charge in [0.25, 0.3) is 0 Å². The second-order valence-electron chi connectivity index (χ2n) is 4.75. The van der Waals surface area contributed by atoms with Crippen molar-refractivity contribution in [1.82, 2.24) is 0 Å². The first-order valence-electron chi connectivity index (χ1n) is 6.71. The molecule has 3 rings (SSSR count). The normalized spacial score (nSPS) is 10.5. The van der Waals surface area contributed by atoms with Gasteiger partial charge in [0.2, 0.25) is 0 Å². The van der Waals surface area contributed by atoms with Gasteiger partial charge in [-0.2, -0.15) is 0 Å². The van der Waals surface area contributed by atoms with E-state index < -0.39 is 0 Å². The van der Waals surface area contributed by atoms with Crippen LogP contribution >= 0.6 is 11.8 Å². The van der Waals surface area contributed by atoms with Crippen LogP contribution in [0.25, 0.3) is 11.1 Å². The Bertz CT molecular complexity index is 737. The summed E-state index contributed by atoms with van der Waals surface area (Å²) in [5, 5.41) is 0. The molecule has 0 aromatic heterocycles. The Morgan fingerprint density at radius 1 is 0.667 bits per heavy atom. The van der Waals surface area contributed by atoms with E-state index in [9.17, 15) is 0 Å². The van der Waals surface area contributed by atoms with Crippen molar-refractivity contribution >= 4 is 23.1 Å². The Labute approximate surface area is 128 Å². The van der Waals surface area contributed by atoms with Crippen LogP contribution in [0.4, 0.5) is 11.4 Å². The van der Waals surface area contributed by atoms with E-state index in [1.807, 2.05) is 60.7 Å². The number of nitrogen functional groups attached to an aromatic ring is 2. The van der Waals surface area contributed by atoms with Gasteiger partial charge in [0, 0.05) is 21.0 Å². The molecule has 0 radical (unpaired) electrons. The largest absolute Gasteiger partial charge is 0.399 e. The highest BCUT2D eigenvalue weighted by atomic mass is 32.2. The van der Waals surface area contributed by atoms with Gasteiger partial charge >= 0.3 is 0 Å². The third kappa shape index (κ3) is 3.03. The summed E-state index contributed by atoms with van der Waals surface area (Å²) >= 11 is 1.68. The van der Waals surface area contributed by atoms with Crippen LogP contribution in [0, 0.1) is 0 Å². The zero-order chi connectivity index (χ0) is 14.7. The summed E-state index contributed by atoms with van der Waals surface area (Å²) in [5.41, 5.74) is 15.8. The Kier molecular flexibility index (Phi) is 3.84. The summed E-state index contributed by atoms with van der Waals surface area (Å²) < 4.78 is 0. The van der Waals surface area contributed by atoms with E-state index in [1.165, 1.54) is 4.90 Å². The lowest BCUT2D eigenvalue weighted by Gasteiger charge is -2.11. The standard InChI is InChI=1S/C18H16N2S/c19-14-11-9-13(10-12-14)16-7-4-8-17(18(16)20)21-15-5-2-1-3-6-15/h1-12H,19-20H2. The molecule has 0 aliphatic heterocycles. The van der Waals surface area contributed by atoms with Crippen molar-refractivity contribution in [1.29, 1.82) is 0 Å². The Balaban J connectivity index is 1.97. The topological polar surface area (TPSA) is 52.0 Å². The smallest absolute Gasteiger partial charge is 0.0535 e. The Morgan fingerprint density at radius 2 is 1.38 bits per heavy atom. The molecule has 0 spiro atoms. The predicted molar refractivity (Wildman–Crippen MR) is 91.3 cm³/mol. The Morgan fingerprint density at radius 3 is 2.10 bits per heavy atom. The van der Waals surface area contributed by atoms with Gasteiger partial charge in [-0.25, -0.2) is 0 Å². The van der Waals surface area contributed by atoms with Crippen molar-refractivity contribution in [2.45, 2.75) is 9.79 Å². The molecule has 0 heterocycles. The second-order valence-corrected chi connectivity index (χ2v) is 5.87. The summed E-state index contributed by atoms with van der Waals surface area (Å²) in [5.74, 6) is 0. The number of para-hydroxylation sites is 1. The molecule has 2 nitrogen and oxygen atoms in total. The second kappa shape index (κ2) is 5.94. The fourth-order valence-electron chi connectivity index (χ4n) is 2.16. The number of benzene rings is 3. The lowest BCUT2D eigenvalue weighted by molar-refractivity contribution is 1.41.